The Morgan fingerprint density at radius 1 is 1.45 bits per heavy atom. The molecule has 0 aliphatic carbocycles. The van der Waals surface area contributed by atoms with Crippen molar-refractivity contribution in [1.29, 1.82) is 0 Å². The lowest BCUT2D eigenvalue weighted by atomic mass is 9.93. The molecule has 0 saturated heterocycles. The number of halogens is 1. The first kappa shape index (κ1) is 15.3. The monoisotopic (exact) mass is 427 g/mol. The van der Waals surface area contributed by atoms with Crippen LogP contribution in [0.5, 0.6) is 0 Å². The topological polar surface area (TPSA) is 84.5 Å². The molecule has 114 valence electrons. The van der Waals surface area contributed by atoms with Crippen molar-refractivity contribution < 1.29 is 4.79 Å². The Bertz CT molecular complexity index is 774. The summed E-state index contributed by atoms with van der Waals surface area (Å²) in [5, 5.41) is 2.01. The lowest BCUT2D eigenvalue weighted by molar-refractivity contribution is -0.128. The van der Waals surface area contributed by atoms with Gasteiger partial charge in [0.1, 0.15) is 9.24 Å². The SMILES string of the molecule is CN1C(=O)C[C@@](C)(c2cc(-c3cncc(I)n3)cs2)N=C1N. The van der Waals surface area contributed by atoms with Crippen LogP contribution in [-0.4, -0.2) is 33.8 Å². The summed E-state index contributed by atoms with van der Waals surface area (Å²) < 4.78 is 0.839. The largest absolute Gasteiger partial charge is 0.369 e. The third-order valence-corrected chi connectivity index (χ3v) is 5.31. The van der Waals surface area contributed by atoms with Crippen molar-refractivity contribution >= 4 is 45.8 Å². The van der Waals surface area contributed by atoms with Gasteiger partial charge < -0.3 is 5.73 Å². The fraction of sp³-hybridized carbons (Fsp3) is 0.286. The highest BCUT2D eigenvalue weighted by atomic mass is 127. The van der Waals surface area contributed by atoms with Crippen molar-refractivity contribution in [2.45, 2.75) is 18.9 Å². The second-order valence-corrected chi connectivity index (χ2v) is 7.32. The fourth-order valence-corrected chi connectivity index (χ4v) is 3.71. The zero-order valence-corrected chi connectivity index (χ0v) is 15.1. The Labute approximate surface area is 145 Å². The molecule has 0 aromatic carbocycles. The molecule has 3 rings (SSSR count). The Kier molecular flexibility index (Phi) is 3.89. The standard InChI is InChI=1S/C14H14IN5OS/c1-14(4-12(21)20(2)13(16)19-14)10-3-8(7-22-10)9-5-17-6-11(15)18-9/h3,5-7H,4H2,1-2H3,(H2,16,19)/t14-/m0/s1. The van der Waals surface area contributed by atoms with Gasteiger partial charge in [0.2, 0.25) is 5.91 Å². The Hall–Kier alpha value is -1.55. The van der Waals surface area contributed by atoms with Gasteiger partial charge in [-0.2, -0.15) is 0 Å². The van der Waals surface area contributed by atoms with E-state index in [0.29, 0.717) is 6.42 Å². The van der Waals surface area contributed by atoms with Gasteiger partial charge in [0.15, 0.2) is 5.96 Å². The summed E-state index contributed by atoms with van der Waals surface area (Å²) >= 11 is 3.69. The van der Waals surface area contributed by atoms with Crippen LogP contribution in [-0.2, 0) is 10.3 Å². The van der Waals surface area contributed by atoms with E-state index in [1.165, 1.54) is 4.90 Å². The van der Waals surface area contributed by atoms with E-state index in [1.807, 2.05) is 18.4 Å². The molecule has 6 nitrogen and oxygen atoms in total. The highest BCUT2D eigenvalue weighted by molar-refractivity contribution is 14.1. The fourth-order valence-electron chi connectivity index (χ4n) is 2.28. The van der Waals surface area contributed by atoms with Crippen LogP contribution in [0.2, 0.25) is 0 Å². The van der Waals surface area contributed by atoms with Gasteiger partial charge in [-0.1, -0.05) is 0 Å². The molecule has 1 aliphatic heterocycles. The summed E-state index contributed by atoms with van der Waals surface area (Å²) in [4.78, 5) is 27.6. The van der Waals surface area contributed by atoms with Crippen molar-refractivity contribution in [3.05, 3.63) is 32.4 Å². The van der Waals surface area contributed by atoms with Crippen molar-refractivity contribution in [3.63, 3.8) is 0 Å². The van der Waals surface area contributed by atoms with Crippen LogP contribution in [0.4, 0.5) is 0 Å². The van der Waals surface area contributed by atoms with Crippen LogP contribution in [0.25, 0.3) is 11.3 Å². The van der Waals surface area contributed by atoms with Crippen LogP contribution >= 0.6 is 33.9 Å². The Morgan fingerprint density at radius 3 is 2.91 bits per heavy atom. The van der Waals surface area contributed by atoms with Gasteiger partial charge in [-0.3, -0.25) is 14.7 Å². The lowest BCUT2D eigenvalue weighted by Crippen LogP contribution is -2.47. The smallest absolute Gasteiger partial charge is 0.231 e. The minimum Gasteiger partial charge on any atom is -0.369 e. The number of guanidine groups is 1. The number of hydrogen-bond donors (Lipinski definition) is 1. The predicted octanol–water partition coefficient (Wildman–Crippen LogP) is 2.20. The molecular formula is C14H14IN5OS. The molecule has 0 unspecified atom stereocenters. The number of carbonyl (C=O) groups is 1. The number of hydrogen-bond acceptors (Lipinski definition) is 6. The molecule has 22 heavy (non-hydrogen) atoms. The molecular weight excluding hydrogens is 413 g/mol. The van der Waals surface area contributed by atoms with Crippen LogP contribution in [0.1, 0.15) is 18.2 Å². The van der Waals surface area contributed by atoms with Crippen molar-refractivity contribution in [2.75, 3.05) is 7.05 Å². The molecule has 1 aliphatic rings. The van der Waals surface area contributed by atoms with Gasteiger partial charge >= 0.3 is 0 Å². The highest BCUT2D eigenvalue weighted by Crippen LogP contribution is 2.38. The van der Waals surface area contributed by atoms with Crippen molar-refractivity contribution in [1.82, 2.24) is 14.9 Å². The maximum absolute atomic E-state index is 12.1. The van der Waals surface area contributed by atoms with Crippen LogP contribution < -0.4 is 5.73 Å². The average molecular weight is 427 g/mol. The first-order chi connectivity index (χ1) is 10.4. The van der Waals surface area contributed by atoms with E-state index in [-0.39, 0.29) is 11.9 Å². The third kappa shape index (κ3) is 2.72. The van der Waals surface area contributed by atoms with Crippen molar-refractivity contribution in [3.8, 4) is 11.3 Å². The number of aliphatic imine (C=N–C) groups is 1. The van der Waals surface area contributed by atoms with Crippen LogP contribution in [0, 0.1) is 3.70 Å². The summed E-state index contributed by atoms with van der Waals surface area (Å²) in [5.41, 5.74) is 7.03. The van der Waals surface area contributed by atoms with E-state index in [0.717, 1.165) is 19.8 Å². The van der Waals surface area contributed by atoms with Gasteiger partial charge in [0.05, 0.1) is 24.5 Å². The summed E-state index contributed by atoms with van der Waals surface area (Å²) in [6.07, 6.45) is 3.75. The number of nitrogens with zero attached hydrogens (tertiary/aromatic N) is 4. The molecule has 0 fully saturated rings. The van der Waals surface area contributed by atoms with Gasteiger partial charge in [0.25, 0.3) is 0 Å². The molecule has 0 bridgehead atoms. The van der Waals surface area contributed by atoms with Gasteiger partial charge in [-0.05, 0) is 35.6 Å². The summed E-state index contributed by atoms with van der Waals surface area (Å²) in [5.74, 6) is 0.224. The van der Waals surface area contributed by atoms with E-state index >= 15 is 0 Å². The molecule has 1 amide bonds. The molecule has 2 aromatic heterocycles. The highest BCUT2D eigenvalue weighted by Gasteiger charge is 2.37. The van der Waals surface area contributed by atoms with E-state index in [9.17, 15) is 4.79 Å². The number of rotatable bonds is 2. The predicted molar refractivity (Wildman–Crippen MR) is 94.4 cm³/mol. The van der Waals surface area contributed by atoms with Crippen molar-refractivity contribution in [2.24, 2.45) is 10.7 Å². The summed E-state index contributed by atoms with van der Waals surface area (Å²) in [6.45, 7) is 1.93. The van der Waals surface area contributed by atoms with E-state index in [4.69, 9.17) is 5.73 Å². The molecule has 3 heterocycles. The van der Waals surface area contributed by atoms with Gasteiger partial charge in [-0.15, -0.1) is 11.3 Å². The molecule has 1 atom stereocenters. The van der Waals surface area contributed by atoms with E-state index < -0.39 is 5.54 Å². The third-order valence-electron chi connectivity index (χ3n) is 3.61. The van der Waals surface area contributed by atoms with Gasteiger partial charge in [-0.25, -0.2) is 9.98 Å². The first-order valence-corrected chi connectivity index (χ1v) is 8.54. The van der Waals surface area contributed by atoms with Gasteiger partial charge in [0, 0.05) is 22.9 Å². The summed E-state index contributed by atoms with van der Waals surface area (Å²) in [7, 11) is 1.64. The number of nitrogens with two attached hydrogens (primary N) is 1. The quantitative estimate of drug-likeness (QED) is 0.745. The Morgan fingerprint density at radius 2 is 2.23 bits per heavy atom. The number of carbonyl (C=O) groups excluding carboxylic acids is 1. The lowest BCUT2D eigenvalue weighted by Gasteiger charge is -2.32. The molecule has 0 saturated carbocycles. The average Bonchev–Trinajstić information content (AvgIpc) is 2.95. The molecule has 8 heteroatoms. The molecule has 2 aromatic rings. The minimum absolute atomic E-state index is 0.0287. The second kappa shape index (κ2) is 5.58. The maximum atomic E-state index is 12.1. The Balaban J connectivity index is 1.99. The van der Waals surface area contributed by atoms with E-state index in [2.05, 4.69) is 37.6 Å². The maximum Gasteiger partial charge on any atom is 0.231 e. The second-order valence-electron chi connectivity index (χ2n) is 5.30. The number of amides is 1. The van der Waals surface area contributed by atoms with Crippen LogP contribution in [0.3, 0.4) is 0 Å². The molecule has 0 spiro atoms. The van der Waals surface area contributed by atoms with Crippen LogP contribution in [0.15, 0.2) is 28.8 Å². The normalized spacial score (nSPS) is 21.9. The molecule has 2 N–H and O–H groups in total. The zero-order valence-electron chi connectivity index (χ0n) is 12.1. The molecule has 0 radical (unpaired) electrons. The number of aromatic nitrogens is 2. The number of thiophene rings is 1. The first-order valence-electron chi connectivity index (χ1n) is 6.58. The zero-order chi connectivity index (χ0) is 15.9. The van der Waals surface area contributed by atoms with E-state index in [1.54, 1.807) is 30.8 Å². The minimum atomic E-state index is -0.619. The summed E-state index contributed by atoms with van der Waals surface area (Å²) in [6, 6.07) is 2.01.